The number of aromatic amines is 1. The Balaban J connectivity index is 1.31. The maximum Gasteiger partial charge on any atom is 0.266 e. The van der Waals surface area contributed by atoms with Crippen LogP contribution >= 0.6 is 0 Å². The van der Waals surface area contributed by atoms with Crippen LogP contribution in [0.15, 0.2) is 59.4 Å². The Labute approximate surface area is 205 Å². The van der Waals surface area contributed by atoms with Gasteiger partial charge in [0.15, 0.2) is 0 Å². The number of hydrogen-bond acceptors (Lipinski definition) is 7. The summed E-state index contributed by atoms with van der Waals surface area (Å²) in [6.07, 6.45) is -0.628. The molecule has 0 spiro atoms. The highest BCUT2D eigenvalue weighted by atomic mass is 16.5. The molecule has 1 aliphatic heterocycles. The fourth-order valence-electron chi connectivity index (χ4n) is 4.36. The molecular weight excluding hydrogens is 444 g/mol. The number of benzene rings is 2. The minimum absolute atomic E-state index is 0.0677. The number of β-amino-alcohol motifs (C(OH)–C–C–N with tert-alkyl or cyclic N) is 1. The second-order valence-corrected chi connectivity index (χ2v) is 8.61. The van der Waals surface area contributed by atoms with Gasteiger partial charge in [-0.1, -0.05) is 24.3 Å². The van der Waals surface area contributed by atoms with Crippen molar-refractivity contribution in [1.29, 1.82) is 5.26 Å². The van der Waals surface area contributed by atoms with E-state index >= 15 is 0 Å². The van der Waals surface area contributed by atoms with Gasteiger partial charge in [0.2, 0.25) is 0 Å². The highest BCUT2D eigenvalue weighted by Crippen LogP contribution is 2.28. The molecule has 1 fully saturated rings. The minimum Gasteiger partial charge on any atom is -0.495 e. The largest absolute Gasteiger partial charge is 0.495 e. The topological polar surface area (TPSA) is 102 Å². The van der Waals surface area contributed by atoms with Crippen LogP contribution in [0.5, 0.6) is 11.5 Å². The summed E-state index contributed by atoms with van der Waals surface area (Å²) in [6.45, 7) is 5.91. The first kappa shape index (κ1) is 24.3. The number of pyridine rings is 1. The van der Waals surface area contributed by atoms with Crippen LogP contribution in [0.1, 0.15) is 11.3 Å². The van der Waals surface area contributed by atoms with Crippen molar-refractivity contribution in [2.75, 3.05) is 51.3 Å². The van der Waals surface area contributed by atoms with Gasteiger partial charge in [-0.3, -0.25) is 9.69 Å². The van der Waals surface area contributed by atoms with E-state index in [1.54, 1.807) is 20.1 Å². The molecule has 8 nitrogen and oxygen atoms in total. The van der Waals surface area contributed by atoms with E-state index in [9.17, 15) is 15.2 Å². The van der Waals surface area contributed by atoms with Crippen LogP contribution in [0.25, 0.3) is 11.1 Å². The van der Waals surface area contributed by atoms with Crippen LogP contribution in [0.2, 0.25) is 0 Å². The van der Waals surface area contributed by atoms with Gasteiger partial charge < -0.3 is 24.5 Å². The van der Waals surface area contributed by atoms with E-state index < -0.39 is 11.7 Å². The molecule has 1 atom stereocenters. The van der Waals surface area contributed by atoms with Gasteiger partial charge in [-0.25, -0.2) is 0 Å². The maximum atomic E-state index is 11.8. The number of H-pyrrole nitrogens is 1. The highest BCUT2D eigenvalue weighted by Gasteiger charge is 2.21. The summed E-state index contributed by atoms with van der Waals surface area (Å²) in [5.74, 6) is 1.49. The number of ether oxygens (including phenoxy) is 2. The molecule has 8 heteroatoms. The van der Waals surface area contributed by atoms with Crippen molar-refractivity contribution >= 4 is 5.69 Å². The van der Waals surface area contributed by atoms with E-state index in [1.807, 2.05) is 48.5 Å². The van der Waals surface area contributed by atoms with E-state index in [0.29, 0.717) is 18.0 Å². The Morgan fingerprint density at radius 1 is 1.11 bits per heavy atom. The number of rotatable bonds is 8. The highest BCUT2D eigenvalue weighted by molar-refractivity contribution is 5.68. The van der Waals surface area contributed by atoms with Crippen LogP contribution < -0.4 is 19.9 Å². The minimum atomic E-state index is -0.628. The molecule has 0 saturated carbocycles. The number of aryl methyl sites for hydroxylation is 1. The molecule has 35 heavy (non-hydrogen) atoms. The van der Waals surface area contributed by atoms with Gasteiger partial charge in [0.05, 0.1) is 12.8 Å². The summed E-state index contributed by atoms with van der Waals surface area (Å²) in [4.78, 5) is 19.1. The van der Waals surface area contributed by atoms with E-state index in [1.165, 1.54) is 0 Å². The van der Waals surface area contributed by atoms with Crippen molar-refractivity contribution in [3.8, 4) is 28.7 Å². The van der Waals surface area contributed by atoms with E-state index in [2.05, 4.69) is 20.9 Å². The summed E-state index contributed by atoms with van der Waals surface area (Å²) >= 11 is 0. The molecule has 1 aliphatic rings. The van der Waals surface area contributed by atoms with E-state index in [0.717, 1.165) is 48.7 Å². The average Bonchev–Trinajstić information content (AvgIpc) is 2.88. The monoisotopic (exact) mass is 474 g/mol. The number of methoxy groups -OCH3 is 1. The molecule has 0 aliphatic carbocycles. The lowest BCUT2D eigenvalue weighted by Gasteiger charge is -2.37. The summed E-state index contributed by atoms with van der Waals surface area (Å²) in [5.41, 5.74) is 3.04. The van der Waals surface area contributed by atoms with Crippen molar-refractivity contribution in [2.24, 2.45) is 0 Å². The number of hydrogen-bond donors (Lipinski definition) is 2. The molecule has 4 rings (SSSR count). The first-order valence-corrected chi connectivity index (χ1v) is 11.6. The normalized spacial score (nSPS) is 14.9. The summed E-state index contributed by atoms with van der Waals surface area (Å²) < 4.78 is 11.4. The lowest BCUT2D eigenvalue weighted by molar-refractivity contribution is 0.0663. The molecule has 2 N–H and O–H groups in total. The van der Waals surface area contributed by atoms with Crippen molar-refractivity contribution in [2.45, 2.75) is 13.0 Å². The standard InChI is InChI=1S/C27H30N4O4/c1-19-24(15-21(16-28)27(33)29-19)20-6-5-7-23(14-20)35-18-22(32)17-30-10-12-31(13-11-30)25-8-3-4-9-26(25)34-2/h3-9,14-15,22,32H,10-13,17-18H2,1-2H3,(H,29,33). The first-order chi connectivity index (χ1) is 17.0. The Morgan fingerprint density at radius 3 is 2.63 bits per heavy atom. The zero-order valence-corrected chi connectivity index (χ0v) is 20.0. The fourth-order valence-corrected chi connectivity index (χ4v) is 4.36. The Bertz CT molecular complexity index is 1260. The van der Waals surface area contributed by atoms with Crippen molar-refractivity contribution in [3.63, 3.8) is 0 Å². The molecule has 0 amide bonds. The molecule has 0 bridgehead atoms. The number of piperazine rings is 1. The Kier molecular flexibility index (Phi) is 7.70. The lowest BCUT2D eigenvalue weighted by Crippen LogP contribution is -2.49. The Morgan fingerprint density at radius 2 is 1.89 bits per heavy atom. The average molecular weight is 475 g/mol. The van der Waals surface area contributed by atoms with Gasteiger partial charge in [0.25, 0.3) is 5.56 Å². The smallest absolute Gasteiger partial charge is 0.266 e. The maximum absolute atomic E-state index is 11.8. The second kappa shape index (κ2) is 11.1. The predicted molar refractivity (Wildman–Crippen MR) is 135 cm³/mol. The summed E-state index contributed by atoms with van der Waals surface area (Å²) in [7, 11) is 1.69. The van der Waals surface area contributed by atoms with Gasteiger partial charge in [0, 0.05) is 44.0 Å². The summed E-state index contributed by atoms with van der Waals surface area (Å²) in [5, 5.41) is 19.8. The molecule has 2 heterocycles. The van der Waals surface area contributed by atoms with Crippen LogP contribution in [0.3, 0.4) is 0 Å². The molecule has 0 radical (unpaired) electrons. The summed E-state index contributed by atoms with van der Waals surface area (Å²) in [6, 6.07) is 19.0. The molecule has 182 valence electrons. The number of aromatic nitrogens is 1. The molecule has 2 aromatic carbocycles. The van der Waals surface area contributed by atoms with E-state index in [-0.39, 0.29) is 12.2 Å². The SMILES string of the molecule is COc1ccccc1N1CCN(CC(O)COc2cccc(-c3cc(C#N)c(=O)[nH]c3C)c2)CC1. The Hall–Kier alpha value is -3.80. The third-order valence-corrected chi connectivity index (χ3v) is 6.21. The lowest BCUT2D eigenvalue weighted by atomic mass is 10.0. The first-order valence-electron chi connectivity index (χ1n) is 11.6. The second-order valence-electron chi connectivity index (χ2n) is 8.61. The molecule has 3 aromatic rings. The van der Waals surface area contributed by atoms with Crippen molar-refractivity contribution in [3.05, 3.63) is 76.2 Å². The van der Waals surface area contributed by atoms with Crippen molar-refractivity contribution in [1.82, 2.24) is 9.88 Å². The fraction of sp³-hybridized carbons (Fsp3) is 0.333. The number of nitriles is 1. The zero-order chi connectivity index (χ0) is 24.8. The van der Waals surface area contributed by atoms with Crippen LogP contribution in [0, 0.1) is 18.3 Å². The number of aliphatic hydroxyl groups excluding tert-OH is 1. The van der Waals surface area contributed by atoms with Crippen molar-refractivity contribution < 1.29 is 14.6 Å². The van der Waals surface area contributed by atoms with Crippen LogP contribution in [0.4, 0.5) is 5.69 Å². The quantitative estimate of drug-likeness (QED) is 0.518. The van der Waals surface area contributed by atoms with Crippen LogP contribution in [-0.2, 0) is 0 Å². The number of nitrogens with zero attached hydrogens (tertiary/aromatic N) is 3. The third-order valence-electron chi connectivity index (χ3n) is 6.21. The number of para-hydroxylation sites is 2. The molecule has 1 saturated heterocycles. The van der Waals surface area contributed by atoms with Gasteiger partial charge >= 0.3 is 0 Å². The zero-order valence-electron chi connectivity index (χ0n) is 20.0. The number of nitrogens with one attached hydrogen (secondary N) is 1. The van der Waals surface area contributed by atoms with Crippen LogP contribution in [-0.4, -0.2) is 67.5 Å². The predicted octanol–water partition coefficient (Wildman–Crippen LogP) is 2.79. The number of anilines is 1. The van der Waals surface area contributed by atoms with Gasteiger partial charge in [0.1, 0.15) is 35.8 Å². The van der Waals surface area contributed by atoms with Gasteiger partial charge in [-0.2, -0.15) is 5.26 Å². The molecule has 1 aromatic heterocycles. The van der Waals surface area contributed by atoms with Gasteiger partial charge in [-0.15, -0.1) is 0 Å². The molecule has 1 unspecified atom stereocenters. The number of aliphatic hydroxyl groups is 1. The van der Waals surface area contributed by atoms with Gasteiger partial charge in [-0.05, 0) is 42.8 Å². The third kappa shape index (κ3) is 5.83. The molecular formula is C27H30N4O4. The van der Waals surface area contributed by atoms with E-state index in [4.69, 9.17) is 9.47 Å².